The topological polar surface area (TPSA) is 34.1 Å². The van der Waals surface area contributed by atoms with Crippen LogP contribution < -0.4 is 10.1 Å². The predicted octanol–water partition coefficient (Wildman–Crippen LogP) is 3.15. The summed E-state index contributed by atoms with van der Waals surface area (Å²) in [5.41, 5.74) is 2.32. The molecule has 0 fully saturated rings. The van der Waals surface area contributed by atoms with Crippen LogP contribution in [0.4, 0.5) is 10.1 Å². The summed E-state index contributed by atoms with van der Waals surface area (Å²) >= 11 is 0. The van der Waals surface area contributed by atoms with E-state index in [1.165, 1.54) is 6.07 Å². The molecule has 0 radical (unpaired) electrons. The van der Waals surface area contributed by atoms with Crippen LogP contribution in [0.25, 0.3) is 0 Å². The Bertz CT molecular complexity index is 543. The van der Waals surface area contributed by atoms with Crippen LogP contribution in [0.1, 0.15) is 11.1 Å². The van der Waals surface area contributed by atoms with Gasteiger partial charge < -0.3 is 10.1 Å². The van der Waals surface area contributed by atoms with Gasteiger partial charge in [-0.25, -0.2) is 9.37 Å². The molecule has 0 atom stereocenters. The average Bonchev–Trinajstić information content (AvgIpc) is 2.41. The lowest BCUT2D eigenvalue weighted by Gasteiger charge is -2.11. The number of pyridine rings is 1. The quantitative estimate of drug-likeness (QED) is 0.899. The number of methoxy groups -OCH3 is 1. The van der Waals surface area contributed by atoms with Crippen LogP contribution in [0.3, 0.4) is 0 Å². The number of benzene rings is 1. The minimum Gasteiger partial charge on any atom is -0.481 e. The number of hydrogen-bond donors (Lipinski definition) is 1. The van der Waals surface area contributed by atoms with Gasteiger partial charge in [0.25, 0.3) is 0 Å². The van der Waals surface area contributed by atoms with Crippen LogP contribution in [0.2, 0.25) is 0 Å². The van der Waals surface area contributed by atoms with E-state index in [0.717, 1.165) is 11.3 Å². The number of nitrogens with one attached hydrogen (secondary N) is 1. The summed E-state index contributed by atoms with van der Waals surface area (Å²) in [5, 5.41) is 3.18. The maximum atomic E-state index is 13.4. The molecule has 0 aliphatic rings. The molecule has 0 spiro atoms. The Kier molecular flexibility index (Phi) is 3.77. The number of nitrogens with zero attached hydrogens (tertiary/aromatic N) is 1. The van der Waals surface area contributed by atoms with Gasteiger partial charge in [0.1, 0.15) is 5.82 Å². The van der Waals surface area contributed by atoms with Crippen LogP contribution in [0.15, 0.2) is 36.5 Å². The van der Waals surface area contributed by atoms with Crippen LogP contribution in [0, 0.1) is 12.7 Å². The van der Waals surface area contributed by atoms with Crippen molar-refractivity contribution >= 4 is 5.69 Å². The fraction of sp³-hybridized carbons (Fsp3) is 0.214. The van der Waals surface area contributed by atoms with Gasteiger partial charge in [-0.15, -0.1) is 0 Å². The number of aromatic nitrogens is 1. The lowest BCUT2D eigenvalue weighted by atomic mass is 10.2. The van der Waals surface area contributed by atoms with Gasteiger partial charge in [0.15, 0.2) is 0 Å². The molecule has 1 aromatic heterocycles. The molecule has 2 aromatic rings. The van der Waals surface area contributed by atoms with Gasteiger partial charge in [-0.3, -0.25) is 0 Å². The normalized spacial score (nSPS) is 10.2. The van der Waals surface area contributed by atoms with E-state index in [-0.39, 0.29) is 5.82 Å². The molecule has 0 amide bonds. The molecule has 0 aliphatic carbocycles. The third-order valence-corrected chi connectivity index (χ3v) is 2.78. The molecule has 2 rings (SSSR count). The van der Waals surface area contributed by atoms with Crippen molar-refractivity contribution < 1.29 is 9.13 Å². The van der Waals surface area contributed by atoms with Crippen LogP contribution >= 0.6 is 0 Å². The molecule has 1 N–H and O–H groups in total. The van der Waals surface area contributed by atoms with Crippen molar-refractivity contribution in [3.8, 4) is 5.88 Å². The zero-order valence-electron chi connectivity index (χ0n) is 10.4. The highest BCUT2D eigenvalue weighted by Crippen LogP contribution is 2.20. The van der Waals surface area contributed by atoms with E-state index in [4.69, 9.17) is 4.74 Å². The predicted molar refractivity (Wildman–Crippen MR) is 69.3 cm³/mol. The van der Waals surface area contributed by atoms with Crippen LogP contribution in [0.5, 0.6) is 5.88 Å². The average molecular weight is 246 g/mol. The number of ether oxygens (including phenoxy) is 1. The number of anilines is 1. The van der Waals surface area contributed by atoms with Gasteiger partial charge in [-0.1, -0.05) is 12.1 Å². The molecule has 94 valence electrons. The Hall–Kier alpha value is -2.10. The number of hydrogen-bond acceptors (Lipinski definition) is 3. The third kappa shape index (κ3) is 2.59. The van der Waals surface area contributed by atoms with Gasteiger partial charge in [-0.05, 0) is 25.1 Å². The number of rotatable bonds is 4. The highest BCUT2D eigenvalue weighted by Gasteiger charge is 2.05. The van der Waals surface area contributed by atoms with Gasteiger partial charge in [0.05, 0.1) is 7.11 Å². The van der Waals surface area contributed by atoms with Crippen molar-refractivity contribution in [3.63, 3.8) is 0 Å². The van der Waals surface area contributed by atoms with E-state index in [2.05, 4.69) is 10.3 Å². The minimum absolute atomic E-state index is 0.210. The molecule has 0 bridgehead atoms. The highest BCUT2D eigenvalue weighted by atomic mass is 19.1. The maximum Gasteiger partial charge on any atom is 0.218 e. The molecule has 1 heterocycles. The first-order valence-electron chi connectivity index (χ1n) is 5.69. The van der Waals surface area contributed by atoms with Gasteiger partial charge in [0, 0.05) is 29.6 Å². The van der Waals surface area contributed by atoms with Gasteiger partial charge in [-0.2, -0.15) is 0 Å². The van der Waals surface area contributed by atoms with Crippen molar-refractivity contribution in [2.24, 2.45) is 0 Å². The summed E-state index contributed by atoms with van der Waals surface area (Å²) in [6.45, 7) is 2.29. The molecule has 0 aliphatic heterocycles. The summed E-state index contributed by atoms with van der Waals surface area (Å²) in [4.78, 5) is 4.11. The van der Waals surface area contributed by atoms with Crippen molar-refractivity contribution in [1.29, 1.82) is 0 Å². The largest absolute Gasteiger partial charge is 0.481 e. The van der Waals surface area contributed by atoms with E-state index in [1.807, 2.05) is 18.2 Å². The fourth-order valence-corrected chi connectivity index (χ4v) is 1.73. The van der Waals surface area contributed by atoms with Gasteiger partial charge in [0.2, 0.25) is 5.88 Å². The zero-order chi connectivity index (χ0) is 13.0. The summed E-state index contributed by atoms with van der Waals surface area (Å²) < 4.78 is 18.5. The van der Waals surface area contributed by atoms with E-state index in [1.54, 1.807) is 26.3 Å². The maximum absolute atomic E-state index is 13.4. The smallest absolute Gasteiger partial charge is 0.218 e. The SMILES string of the molecule is COc1ncccc1CNc1cccc(F)c1C. The van der Waals surface area contributed by atoms with E-state index in [9.17, 15) is 4.39 Å². The van der Waals surface area contributed by atoms with E-state index >= 15 is 0 Å². The van der Waals surface area contributed by atoms with Gasteiger partial charge >= 0.3 is 0 Å². The number of halogens is 1. The molecular formula is C14H15FN2O. The lowest BCUT2D eigenvalue weighted by Crippen LogP contribution is -2.04. The van der Waals surface area contributed by atoms with Crippen LogP contribution in [-0.2, 0) is 6.54 Å². The lowest BCUT2D eigenvalue weighted by molar-refractivity contribution is 0.393. The third-order valence-electron chi connectivity index (χ3n) is 2.78. The molecular weight excluding hydrogens is 231 g/mol. The Morgan fingerprint density at radius 1 is 1.28 bits per heavy atom. The summed E-state index contributed by atoms with van der Waals surface area (Å²) in [5.74, 6) is 0.372. The van der Waals surface area contributed by atoms with Crippen molar-refractivity contribution in [1.82, 2.24) is 4.98 Å². The van der Waals surface area contributed by atoms with E-state index < -0.39 is 0 Å². The summed E-state index contributed by atoms with van der Waals surface area (Å²) in [6.07, 6.45) is 1.68. The first-order chi connectivity index (χ1) is 8.72. The summed E-state index contributed by atoms with van der Waals surface area (Å²) in [7, 11) is 1.58. The molecule has 4 heteroatoms. The molecule has 0 saturated carbocycles. The molecule has 1 aromatic carbocycles. The van der Waals surface area contributed by atoms with Crippen molar-refractivity contribution in [2.75, 3.05) is 12.4 Å². The minimum atomic E-state index is -0.210. The Morgan fingerprint density at radius 3 is 2.89 bits per heavy atom. The second-order valence-electron chi connectivity index (χ2n) is 3.94. The van der Waals surface area contributed by atoms with Crippen molar-refractivity contribution in [2.45, 2.75) is 13.5 Å². The van der Waals surface area contributed by atoms with Crippen LogP contribution in [-0.4, -0.2) is 12.1 Å². The zero-order valence-corrected chi connectivity index (χ0v) is 10.4. The summed E-state index contributed by atoms with van der Waals surface area (Å²) in [6, 6.07) is 8.75. The van der Waals surface area contributed by atoms with Crippen molar-refractivity contribution in [3.05, 3.63) is 53.5 Å². The second kappa shape index (κ2) is 5.49. The Labute approximate surface area is 106 Å². The van der Waals surface area contributed by atoms with E-state index in [0.29, 0.717) is 18.0 Å². The first-order valence-corrected chi connectivity index (χ1v) is 5.69. The standard InChI is InChI=1S/C14H15FN2O/c1-10-12(15)6-3-7-13(10)17-9-11-5-4-8-16-14(11)18-2/h3-8,17H,9H2,1-2H3. The Morgan fingerprint density at radius 2 is 2.11 bits per heavy atom. The molecule has 18 heavy (non-hydrogen) atoms. The Balaban J connectivity index is 2.14. The molecule has 0 saturated heterocycles. The second-order valence-corrected chi connectivity index (χ2v) is 3.94. The first kappa shape index (κ1) is 12.4. The highest BCUT2D eigenvalue weighted by molar-refractivity contribution is 5.51. The molecule has 0 unspecified atom stereocenters. The monoisotopic (exact) mass is 246 g/mol. The fourth-order valence-electron chi connectivity index (χ4n) is 1.73. The molecule has 3 nitrogen and oxygen atoms in total.